The minimum atomic E-state index is -1.01. The van der Waals surface area contributed by atoms with E-state index in [1.54, 1.807) is 4.90 Å². The second kappa shape index (κ2) is 4.93. The highest BCUT2D eigenvalue weighted by molar-refractivity contribution is 5.68. The van der Waals surface area contributed by atoms with Crippen LogP contribution >= 0.6 is 0 Å². The number of likely N-dealkylation sites (tertiary alicyclic amines) is 1. The molecule has 1 N–H and O–H groups in total. The Hall–Kier alpha value is -0.840. The van der Waals surface area contributed by atoms with Crippen LogP contribution in [0.4, 0.5) is 9.18 Å². The smallest absolute Gasteiger partial charge is 0.410 e. The summed E-state index contributed by atoms with van der Waals surface area (Å²) in [5.74, 6) is -0.165. The van der Waals surface area contributed by atoms with E-state index in [-0.39, 0.29) is 19.1 Å². The van der Waals surface area contributed by atoms with Crippen LogP contribution in [0.5, 0.6) is 0 Å². The van der Waals surface area contributed by atoms with Gasteiger partial charge in [-0.3, -0.25) is 0 Å². The molecule has 0 radical (unpaired) electrons. The summed E-state index contributed by atoms with van der Waals surface area (Å²) in [5.41, 5.74) is -1.33. The number of rotatable bonds is 1. The Kier molecular flexibility index (Phi) is 3.78. The summed E-state index contributed by atoms with van der Waals surface area (Å²) in [4.78, 5) is 13.7. The molecular formula is C14H24FNO3. The average Bonchev–Trinajstić information content (AvgIpc) is 2.26. The maximum atomic E-state index is 14.4. The van der Waals surface area contributed by atoms with Crippen LogP contribution < -0.4 is 0 Å². The van der Waals surface area contributed by atoms with Gasteiger partial charge in [-0.1, -0.05) is 6.42 Å². The molecule has 3 atom stereocenters. The molecule has 2 bridgehead atoms. The number of alkyl halides is 1. The molecule has 1 saturated carbocycles. The first kappa shape index (κ1) is 14.6. The SMILES string of the molecule is CC(C)(C)OC(=O)N1CC2CCCC(CO)(C1)C2F. The first-order chi connectivity index (χ1) is 8.77. The molecule has 2 rings (SSSR count). The monoisotopic (exact) mass is 273 g/mol. The predicted octanol–water partition coefficient (Wildman–Crippen LogP) is 2.35. The van der Waals surface area contributed by atoms with Gasteiger partial charge in [0.05, 0.1) is 6.61 Å². The van der Waals surface area contributed by atoms with Gasteiger partial charge in [0, 0.05) is 24.4 Å². The zero-order chi connectivity index (χ0) is 14.3. The van der Waals surface area contributed by atoms with E-state index in [2.05, 4.69) is 0 Å². The number of nitrogens with zero attached hydrogens (tertiary/aromatic N) is 1. The molecule has 1 aliphatic heterocycles. The van der Waals surface area contributed by atoms with Crippen molar-refractivity contribution >= 4 is 6.09 Å². The van der Waals surface area contributed by atoms with Crippen LogP contribution in [0.15, 0.2) is 0 Å². The first-order valence-corrected chi connectivity index (χ1v) is 7.00. The van der Waals surface area contributed by atoms with Crippen molar-refractivity contribution in [3.63, 3.8) is 0 Å². The van der Waals surface area contributed by atoms with E-state index in [0.717, 1.165) is 12.8 Å². The Morgan fingerprint density at radius 2 is 2.21 bits per heavy atom. The molecule has 0 aromatic rings. The zero-order valence-corrected chi connectivity index (χ0v) is 12.0. The lowest BCUT2D eigenvalue weighted by Crippen LogP contribution is -2.60. The second-order valence-electron chi connectivity index (χ2n) is 6.94. The van der Waals surface area contributed by atoms with Crippen LogP contribution in [0.1, 0.15) is 40.0 Å². The molecule has 110 valence electrons. The summed E-state index contributed by atoms with van der Waals surface area (Å²) in [6, 6.07) is 0. The quantitative estimate of drug-likeness (QED) is 0.798. The minimum Gasteiger partial charge on any atom is -0.444 e. The summed E-state index contributed by atoms with van der Waals surface area (Å²) in [5, 5.41) is 9.58. The molecule has 0 aromatic carbocycles. The van der Waals surface area contributed by atoms with Crippen molar-refractivity contribution in [3.8, 4) is 0 Å². The molecule has 3 unspecified atom stereocenters. The van der Waals surface area contributed by atoms with Crippen molar-refractivity contribution < 1.29 is 19.0 Å². The number of aliphatic hydroxyl groups is 1. The predicted molar refractivity (Wildman–Crippen MR) is 69.6 cm³/mol. The van der Waals surface area contributed by atoms with Gasteiger partial charge in [0.2, 0.25) is 0 Å². The first-order valence-electron chi connectivity index (χ1n) is 7.00. The summed E-state index contributed by atoms with van der Waals surface area (Å²) in [6.45, 7) is 5.90. The standard InChI is InChI=1S/C14H24FNO3/c1-13(2,3)19-12(18)16-7-10-5-4-6-14(8-16,9-17)11(10)15/h10-11,17H,4-9H2,1-3H3. The molecule has 1 saturated heterocycles. The Labute approximate surface area is 113 Å². The van der Waals surface area contributed by atoms with Gasteiger partial charge in [0.25, 0.3) is 0 Å². The van der Waals surface area contributed by atoms with Crippen LogP contribution in [0, 0.1) is 11.3 Å². The van der Waals surface area contributed by atoms with Crippen molar-refractivity contribution in [2.45, 2.75) is 51.8 Å². The van der Waals surface area contributed by atoms with E-state index in [1.165, 1.54) is 0 Å². The third-order valence-corrected chi connectivity index (χ3v) is 4.18. The van der Waals surface area contributed by atoms with Crippen LogP contribution in [0.2, 0.25) is 0 Å². The molecule has 2 fully saturated rings. The lowest BCUT2D eigenvalue weighted by Gasteiger charge is -2.51. The van der Waals surface area contributed by atoms with E-state index in [1.807, 2.05) is 20.8 Å². The Morgan fingerprint density at radius 1 is 1.53 bits per heavy atom. The maximum absolute atomic E-state index is 14.4. The van der Waals surface area contributed by atoms with Gasteiger partial charge in [-0.25, -0.2) is 9.18 Å². The van der Waals surface area contributed by atoms with E-state index in [9.17, 15) is 14.3 Å². The van der Waals surface area contributed by atoms with Gasteiger partial charge >= 0.3 is 6.09 Å². The Morgan fingerprint density at radius 3 is 2.79 bits per heavy atom. The van der Waals surface area contributed by atoms with Gasteiger partial charge in [0.15, 0.2) is 0 Å². The number of fused-ring (bicyclic) bond motifs is 2. The topological polar surface area (TPSA) is 49.8 Å². The zero-order valence-electron chi connectivity index (χ0n) is 12.0. The van der Waals surface area contributed by atoms with E-state index < -0.39 is 23.3 Å². The largest absolute Gasteiger partial charge is 0.444 e. The summed E-state index contributed by atoms with van der Waals surface area (Å²) < 4.78 is 19.7. The van der Waals surface area contributed by atoms with Gasteiger partial charge in [0.1, 0.15) is 11.8 Å². The minimum absolute atomic E-state index is 0.165. The molecule has 1 aliphatic carbocycles. The van der Waals surface area contributed by atoms with Gasteiger partial charge in [-0.05, 0) is 33.6 Å². The molecule has 0 aromatic heterocycles. The van der Waals surface area contributed by atoms with Crippen LogP contribution in [0.25, 0.3) is 0 Å². The lowest BCUT2D eigenvalue weighted by molar-refractivity contribution is -0.0974. The average molecular weight is 273 g/mol. The van der Waals surface area contributed by atoms with Gasteiger partial charge in [-0.2, -0.15) is 0 Å². The highest BCUT2D eigenvalue weighted by atomic mass is 19.1. The van der Waals surface area contributed by atoms with Crippen molar-refractivity contribution in [2.75, 3.05) is 19.7 Å². The van der Waals surface area contributed by atoms with Gasteiger partial charge < -0.3 is 14.7 Å². The molecule has 1 amide bonds. The molecule has 1 heterocycles. The number of ether oxygens (including phenoxy) is 1. The highest BCUT2D eigenvalue weighted by Crippen LogP contribution is 2.46. The molecule has 4 nitrogen and oxygen atoms in total. The van der Waals surface area contributed by atoms with Crippen LogP contribution in [-0.4, -0.2) is 47.6 Å². The van der Waals surface area contributed by atoms with Crippen molar-refractivity contribution in [3.05, 3.63) is 0 Å². The number of halogens is 1. The Bertz CT molecular complexity index is 355. The van der Waals surface area contributed by atoms with Crippen LogP contribution in [0.3, 0.4) is 0 Å². The van der Waals surface area contributed by atoms with Crippen LogP contribution in [-0.2, 0) is 4.74 Å². The fourth-order valence-corrected chi connectivity index (χ4v) is 3.26. The highest BCUT2D eigenvalue weighted by Gasteiger charge is 2.52. The number of amides is 1. The fourth-order valence-electron chi connectivity index (χ4n) is 3.26. The van der Waals surface area contributed by atoms with E-state index in [4.69, 9.17) is 4.74 Å². The summed E-state index contributed by atoms with van der Waals surface area (Å²) in [6.07, 6.45) is 0.935. The third-order valence-electron chi connectivity index (χ3n) is 4.18. The van der Waals surface area contributed by atoms with Gasteiger partial charge in [-0.15, -0.1) is 0 Å². The molecule has 19 heavy (non-hydrogen) atoms. The summed E-state index contributed by atoms with van der Waals surface area (Å²) in [7, 11) is 0. The summed E-state index contributed by atoms with van der Waals surface area (Å²) >= 11 is 0. The second-order valence-corrected chi connectivity index (χ2v) is 6.94. The molecule has 0 spiro atoms. The molecule has 5 heteroatoms. The number of hydrogen-bond donors (Lipinski definition) is 1. The van der Waals surface area contributed by atoms with Crippen molar-refractivity contribution in [1.29, 1.82) is 0 Å². The number of aliphatic hydroxyl groups excluding tert-OH is 1. The van der Waals surface area contributed by atoms with E-state index >= 15 is 0 Å². The number of carbonyl (C=O) groups excluding carboxylic acids is 1. The van der Waals surface area contributed by atoms with Crippen molar-refractivity contribution in [2.24, 2.45) is 11.3 Å². The fraction of sp³-hybridized carbons (Fsp3) is 0.929. The van der Waals surface area contributed by atoms with Crippen molar-refractivity contribution in [1.82, 2.24) is 4.90 Å². The molecular weight excluding hydrogens is 249 g/mol. The normalized spacial score (nSPS) is 35.1. The molecule has 2 aliphatic rings. The number of hydrogen-bond acceptors (Lipinski definition) is 3. The third kappa shape index (κ3) is 2.86. The maximum Gasteiger partial charge on any atom is 0.410 e. The van der Waals surface area contributed by atoms with E-state index in [0.29, 0.717) is 13.0 Å². The number of piperidine rings is 1. The Balaban J connectivity index is 2.11. The lowest BCUT2D eigenvalue weighted by atomic mass is 9.65. The number of carbonyl (C=O) groups is 1.